The minimum absolute atomic E-state index is 0.200. The number of rotatable bonds is 3. The van der Waals surface area contributed by atoms with E-state index in [2.05, 4.69) is 30.9 Å². The molecular weight excluding hydrogens is 416 g/mol. The molecule has 0 amide bonds. The number of nitrogens with zero attached hydrogens (tertiary/aromatic N) is 5. The highest BCUT2D eigenvalue weighted by Crippen LogP contribution is 2.17. The highest BCUT2D eigenvalue weighted by Gasteiger charge is 2.18. The maximum atomic E-state index is 12.3. The third kappa shape index (κ3) is 2.72. The standard InChI is InChI=1S/C17H15BrN6O3/c1-22-14-12(15(26)23(2)17(22)27)21-16(18)24(14)8-7-11-19-10-6-4-3-5-9(10)13(25)20-11/h3-6H,7-8H2,1-2H3,(H,19,20,25). The lowest BCUT2D eigenvalue weighted by atomic mass is 10.2. The Labute approximate surface area is 160 Å². The van der Waals surface area contributed by atoms with E-state index in [9.17, 15) is 14.4 Å². The van der Waals surface area contributed by atoms with Crippen molar-refractivity contribution in [3.05, 3.63) is 66.0 Å². The summed E-state index contributed by atoms with van der Waals surface area (Å²) in [5, 5.41) is 0.529. The smallest absolute Gasteiger partial charge is 0.310 e. The lowest BCUT2D eigenvalue weighted by molar-refractivity contribution is 0.641. The SMILES string of the molecule is Cn1c(=O)c2nc(Br)n(CCc3nc4ccccc4c(=O)[nH]3)c2n(C)c1=O. The molecule has 4 aromatic rings. The highest BCUT2D eigenvalue weighted by molar-refractivity contribution is 9.10. The first-order valence-corrected chi connectivity index (χ1v) is 8.97. The van der Waals surface area contributed by atoms with Crippen molar-refractivity contribution < 1.29 is 0 Å². The summed E-state index contributed by atoms with van der Waals surface area (Å²) >= 11 is 3.35. The van der Waals surface area contributed by atoms with E-state index in [-0.39, 0.29) is 11.1 Å². The zero-order valence-corrected chi connectivity index (χ0v) is 16.1. The molecule has 3 aromatic heterocycles. The molecule has 27 heavy (non-hydrogen) atoms. The summed E-state index contributed by atoms with van der Waals surface area (Å²) in [6, 6.07) is 7.11. The molecule has 138 valence electrons. The topological polar surface area (TPSA) is 108 Å². The van der Waals surface area contributed by atoms with Crippen molar-refractivity contribution in [3.63, 3.8) is 0 Å². The Hall–Kier alpha value is -3.01. The zero-order chi connectivity index (χ0) is 19.3. The number of hydrogen-bond acceptors (Lipinski definition) is 5. The Morgan fingerprint density at radius 3 is 2.59 bits per heavy atom. The maximum Gasteiger partial charge on any atom is 0.332 e. The Morgan fingerprint density at radius 2 is 1.81 bits per heavy atom. The van der Waals surface area contributed by atoms with Gasteiger partial charge in [-0.15, -0.1) is 0 Å². The van der Waals surface area contributed by atoms with Gasteiger partial charge in [0.1, 0.15) is 5.82 Å². The number of aromatic nitrogens is 6. The third-order valence-corrected chi connectivity index (χ3v) is 5.13. The number of hydrogen-bond donors (Lipinski definition) is 1. The molecule has 4 rings (SSSR count). The molecule has 0 saturated heterocycles. The normalized spacial score (nSPS) is 11.5. The molecule has 0 aliphatic rings. The van der Waals surface area contributed by atoms with Gasteiger partial charge in [-0.2, -0.15) is 0 Å². The van der Waals surface area contributed by atoms with Crippen LogP contribution in [0, 0.1) is 0 Å². The lowest BCUT2D eigenvalue weighted by Crippen LogP contribution is -2.37. The summed E-state index contributed by atoms with van der Waals surface area (Å²) in [6.45, 7) is 0.374. The molecule has 0 radical (unpaired) electrons. The van der Waals surface area contributed by atoms with Crippen molar-refractivity contribution in [1.29, 1.82) is 0 Å². The first-order chi connectivity index (χ1) is 12.9. The number of aromatic amines is 1. The average molecular weight is 431 g/mol. The predicted molar refractivity (Wildman–Crippen MR) is 104 cm³/mol. The molecule has 0 bridgehead atoms. The van der Waals surface area contributed by atoms with Gasteiger partial charge >= 0.3 is 5.69 Å². The van der Waals surface area contributed by atoms with E-state index in [1.165, 1.54) is 11.6 Å². The summed E-state index contributed by atoms with van der Waals surface area (Å²) in [7, 11) is 3.01. The van der Waals surface area contributed by atoms with Crippen LogP contribution in [0.4, 0.5) is 0 Å². The molecule has 0 spiro atoms. The number of imidazole rings is 1. The molecule has 1 aromatic carbocycles. The number of halogens is 1. The zero-order valence-electron chi connectivity index (χ0n) is 14.6. The lowest BCUT2D eigenvalue weighted by Gasteiger charge is -2.09. The van der Waals surface area contributed by atoms with Gasteiger partial charge in [0, 0.05) is 27.1 Å². The number of H-pyrrole nitrogens is 1. The van der Waals surface area contributed by atoms with Crippen LogP contribution in [-0.2, 0) is 27.1 Å². The Kier molecular flexibility index (Phi) is 4.06. The monoisotopic (exact) mass is 430 g/mol. The van der Waals surface area contributed by atoms with Crippen LogP contribution in [0.3, 0.4) is 0 Å². The van der Waals surface area contributed by atoms with Gasteiger partial charge < -0.3 is 9.55 Å². The molecule has 0 atom stereocenters. The highest BCUT2D eigenvalue weighted by atomic mass is 79.9. The summed E-state index contributed by atoms with van der Waals surface area (Å²) in [5.74, 6) is 0.515. The van der Waals surface area contributed by atoms with Gasteiger partial charge in [-0.3, -0.25) is 18.7 Å². The van der Waals surface area contributed by atoms with E-state index >= 15 is 0 Å². The molecule has 0 unspecified atom stereocenters. The van der Waals surface area contributed by atoms with Crippen molar-refractivity contribution in [2.75, 3.05) is 0 Å². The molecule has 1 N–H and O–H groups in total. The quantitative estimate of drug-likeness (QED) is 0.480. The average Bonchev–Trinajstić information content (AvgIpc) is 2.99. The van der Waals surface area contributed by atoms with E-state index in [4.69, 9.17) is 0 Å². The van der Waals surface area contributed by atoms with Gasteiger partial charge in [0.15, 0.2) is 15.9 Å². The number of para-hydroxylation sites is 1. The van der Waals surface area contributed by atoms with E-state index in [1.807, 2.05) is 6.07 Å². The Balaban J connectivity index is 1.79. The number of fused-ring (bicyclic) bond motifs is 2. The second-order valence-electron chi connectivity index (χ2n) is 6.19. The number of benzene rings is 1. The van der Waals surface area contributed by atoms with Crippen LogP contribution in [0.25, 0.3) is 22.1 Å². The van der Waals surface area contributed by atoms with Crippen molar-refractivity contribution in [1.82, 2.24) is 28.7 Å². The van der Waals surface area contributed by atoms with Crippen molar-refractivity contribution in [2.45, 2.75) is 13.0 Å². The molecular formula is C17H15BrN6O3. The van der Waals surface area contributed by atoms with Crippen LogP contribution in [-0.4, -0.2) is 28.7 Å². The minimum Gasteiger partial charge on any atom is -0.310 e. The molecule has 0 saturated carbocycles. The Bertz CT molecular complexity index is 1380. The van der Waals surface area contributed by atoms with Crippen LogP contribution in [0.1, 0.15) is 5.82 Å². The first kappa shape index (κ1) is 17.4. The largest absolute Gasteiger partial charge is 0.332 e. The fraction of sp³-hybridized carbons (Fsp3) is 0.235. The molecule has 0 fully saturated rings. The number of aryl methyl sites for hydroxylation is 3. The van der Waals surface area contributed by atoms with Gasteiger partial charge in [0.25, 0.3) is 11.1 Å². The van der Waals surface area contributed by atoms with Gasteiger partial charge in [-0.1, -0.05) is 12.1 Å². The van der Waals surface area contributed by atoms with E-state index < -0.39 is 11.2 Å². The van der Waals surface area contributed by atoms with Crippen LogP contribution >= 0.6 is 15.9 Å². The fourth-order valence-electron chi connectivity index (χ4n) is 3.13. The predicted octanol–water partition coefficient (Wildman–Crippen LogP) is 0.675. The van der Waals surface area contributed by atoms with Crippen LogP contribution in [0.5, 0.6) is 0 Å². The molecule has 0 aliphatic heterocycles. The van der Waals surface area contributed by atoms with E-state index in [0.29, 0.717) is 40.1 Å². The number of nitrogens with one attached hydrogen (secondary N) is 1. The van der Waals surface area contributed by atoms with Crippen molar-refractivity contribution in [2.24, 2.45) is 14.1 Å². The molecule has 10 heteroatoms. The summed E-state index contributed by atoms with van der Waals surface area (Å²) in [6.07, 6.45) is 0.396. The van der Waals surface area contributed by atoms with Crippen LogP contribution in [0.2, 0.25) is 0 Å². The van der Waals surface area contributed by atoms with Gasteiger partial charge in [-0.05, 0) is 28.1 Å². The van der Waals surface area contributed by atoms with Crippen molar-refractivity contribution >= 4 is 38.0 Å². The maximum absolute atomic E-state index is 12.3. The second kappa shape index (κ2) is 6.31. The summed E-state index contributed by atoms with van der Waals surface area (Å²) in [5.41, 5.74) is 0.145. The van der Waals surface area contributed by atoms with Crippen LogP contribution < -0.4 is 16.8 Å². The third-order valence-electron chi connectivity index (χ3n) is 4.53. The van der Waals surface area contributed by atoms with Crippen LogP contribution in [0.15, 0.2) is 43.4 Å². The van der Waals surface area contributed by atoms with Crippen molar-refractivity contribution in [3.8, 4) is 0 Å². The molecule has 3 heterocycles. The summed E-state index contributed by atoms with van der Waals surface area (Å²) in [4.78, 5) is 48.3. The van der Waals surface area contributed by atoms with Gasteiger partial charge in [-0.25, -0.2) is 14.8 Å². The minimum atomic E-state index is -0.454. The van der Waals surface area contributed by atoms with Gasteiger partial charge in [0.05, 0.1) is 10.9 Å². The Morgan fingerprint density at radius 1 is 1.07 bits per heavy atom. The van der Waals surface area contributed by atoms with E-state index in [0.717, 1.165) is 4.57 Å². The van der Waals surface area contributed by atoms with Gasteiger partial charge in [0.2, 0.25) is 0 Å². The summed E-state index contributed by atoms with van der Waals surface area (Å²) < 4.78 is 4.55. The molecule has 0 aliphatic carbocycles. The first-order valence-electron chi connectivity index (χ1n) is 8.18. The second-order valence-corrected chi connectivity index (χ2v) is 6.90. The fourth-order valence-corrected chi connectivity index (χ4v) is 3.65. The van der Waals surface area contributed by atoms with E-state index in [1.54, 1.807) is 29.8 Å². The molecule has 9 nitrogen and oxygen atoms in total.